The molecule has 2 saturated heterocycles. The van der Waals surface area contributed by atoms with Gasteiger partial charge in [-0.3, -0.25) is 0 Å². The van der Waals surface area contributed by atoms with Gasteiger partial charge in [-0.1, -0.05) is 0 Å². The van der Waals surface area contributed by atoms with Gasteiger partial charge in [0.1, 0.15) is 0 Å². The minimum absolute atomic E-state index is 0.136. The second kappa shape index (κ2) is 7.98. The van der Waals surface area contributed by atoms with Crippen LogP contribution in [0.25, 0.3) is 10.1 Å². The molecule has 0 saturated carbocycles. The van der Waals surface area contributed by atoms with Gasteiger partial charge in [-0.2, -0.15) is 0 Å². The van der Waals surface area contributed by atoms with Crippen molar-refractivity contribution < 1.29 is 18.9 Å². The van der Waals surface area contributed by atoms with Crippen LogP contribution in [-0.2, 0) is 18.9 Å². The summed E-state index contributed by atoms with van der Waals surface area (Å²) in [6.45, 7) is 2.67. The SMILES string of the molecule is C1=CC2SC(C3OCCO3)=C([Se]c3c(C4OCCO4)sc4ccccc34)C2C=C1. The van der Waals surface area contributed by atoms with Gasteiger partial charge in [0, 0.05) is 0 Å². The Morgan fingerprint density at radius 2 is 1.59 bits per heavy atom. The van der Waals surface area contributed by atoms with Gasteiger partial charge in [0.2, 0.25) is 0 Å². The molecule has 4 heterocycles. The van der Waals surface area contributed by atoms with E-state index >= 15 is 0 Å². The topological polar surface area (TPSA) is 36.9 Å². The van der Waals surface area contributed by atoms with E-state index in [9.17, 15) is 0 Å². The summed E-state index contributed by atoms with van der Waals surface area (Å²) in [4.78, 5) is 2.51. The van der Waals surface area contributed by atoms with E-state index in [1.54, 1.807) is 0 Å². The number of rotatable bonds is 4. The summed E-state index contributed by atoms with van der Waals surface area (Å²) in [5, 5.41) is 1.77. The zero-order valence-corrected chi connectivity index (χ0v) is 19.0. The number of hydrogen-bond acceptors (Lipinski definition) is 6. The molecule has 0 radical (unpaired) electrons. The molecule has 6 rings (SSSR count). The Bertz CT molecular complexity index is 1010. The number of hydrogen-bond donors (Lipinski definition) is 0. The van der Waals surface area contributed by atoms with Crippen LogP contribution in [-0.4, -0.2) is 52.9 Å². The Morgan fingerprint density at radius 1 is 0.862 bits per heavy atom. The fourth-order valence-electron chi connectivity index (χ4n) is 4.03. The molecular weight excluding hydrogens is 471 g/mol. The molecule has 7 heteroatoms. The van der Waals surface area contributed by atoms with Crippen LogP contribution < -0.4 is 4.46 Å². The van der Waals surface area contributed by atoms with Crippen LogP contribution in [0.3, 0.4) is 0 Å². The molecule has 2 aromatic rings. The van der Waals surface area contributed by atoms with Gasteiger partial charge in [-0.25, -0.2) is 0 Å². The predicted octanol–water partition coefficient (Wildman–Crippen LogP) is 3.72. The standard InChI is InChI=1S/C22H20O4S2Se/c1-3-7-15-13(5-1)19(17(27-15)21-23-9-10-24-21)29-20-14-6-2-4-8-16(14)28-18(20)22-25-11-12-26-22/h1-8,13,15,21-22H,9-12H2. The summed E-state index contributed by atoms with van der Waals surface area (Å²) in [5.74, 6) is 0.407. The molecule has 0 spiro atoms. The maximum absolute atomic E-state index is 5.92. The Labute approximate surface area is 184 Å². The quantitative estimate of drug-likeness (QED) is 0.610. The summed E-state index contributed by atoms with van der Waals surface area (Å²) < 4.78 is 27.8. The number of benzene rings is 1. The van der Waals surface area contributed by atoms with Gasteiger partial charge in [-0.15, -0.1) is 0 Å². The molecule has 3 aliphatic heterocycles. The van der Waals surface area contributed by atoms with Gasteiger partial charge in [0.15, 0.2) is 0 Å². The first kappa shape index (κ1) is 18.8. The molecule has 0 N–H and O–H groups in total. The van der Waals surface area contributed by atoms with Crippen molar-refractivity contribution in [2.24, 2.45) is 5.92 Å². The average molecular weight is 491 g/mol. The van der Waals surface area contributed by atoms with Crippen molar-refractivity contribution in [2.45, 2.75) is 17.8 Å². The first-order valence-electron chi connectivity index (χ1n) is 9.80. The first-order chi connectivity index (χ1) is 14.4. The van der Waals surface area contributed by atoms with Crippen molar-refractivity contribution >= 4 is 52.6 Å². The minimum atomic E-state index is -0.237. The zero-order valence-electron chi connectivity index (χ0n) is 15.6. The van der Waals surface area contributed by atoms with Crippen molar-refractivity contribution in [1.29, 1.82) is 0 Å². The molecule has 4 aliphatic rings. The van der Waals surface area contributed by atoms with Crippen LogP contribution in [0.5, 0.6) is 0 Å². The van der Waals surface area contributed by atoms with Gasteiger partial charge >= 0.3 is 185 Å². The second-order valence-corrected chi connectivity index (χ2v) is 11.7. The van der Waals surface area contributed by atoms with Crippen LogP contribution in [0.15, 0.2) is 57.9 Å². The summed E-state index contributed by atoms with van der Waals surface area (Å²) in [6.07, 6.45) is 8.53. The molecule has 2 unspecified atom stereocenters. The molecule has 2 atom stereocenters. The third-order valence-corrected chi connectivity index (χ3v) is 11.4. The van der Waals surface area contributed by atoms with Crippen LogP contribution in [0.1, 0.15) is 11.2 Å². The number of thiophene rings is 1. The zero-order chi connectivity index (χ0) is 19.2. The van der Waals surface area contributed by atoms with Crippen molar-refractivity contribution in [3.8, 4) is 0 Å². The molecule has 1 aliphatic carbocycles. The number of ether oxygens (including phenoxy) is 4. The average Bonchev–Trinajstić information content (AvgIpc) is 3.55. The number of allylic oxidation sites excluding steroid dienone is 4. The van der Waals surface area contributed by atoms with Crippen molar-refractivity contribution in [1.82, 2.24) is 0 Å². The fourth-order valence-corrected chi connectivity index (χ4v) is 10.4. The fraction of sp³-hybridized carbons (Fsp3) is 0.364. The molecule has 2 fully saturated rings. The van der Waals surface area contributed by atoms with Crippen LogP contribution >= 0.6 is 23.1 Å². The second-order valence-electron chi connectivity index (χ2n) is 7.15. The van der Waals surface area contributed by atoms with Gasteiger partial charge < -0.3 is 0 Å². The third-order valence-electron chi connectivity index (χ3n) is 5.35. The molecule has 29 heavy (non-hydrogen) atoms. The van der Waals surface area contributed by atoms with Crippen molar-refractivity contribution in [3.63, 3.8) is 0 Å². The van der Waals surface area contributed by atoms with E-state index in [1.807, 2.05) is 23.1 Å². The monoisotopic (exact) mass is 492 g/mol. The normalized spacial score (nSPS) is 27.6. The number of thioether (sulfide) groups is 1. The maximum atomic E-state index is 5.92. The van der Waals surface area contributed by atoms with E-state index in [0.717, 1.165) is 0 Å². The molecule has 0 bridgehead atoms. The summed E-state index contributed by atoms with van der Waals surface area (Å²) in [7, 11) is 0. The summed E-state index contributed by atoms with van der Waals surface area (Å²) in [6, 6.07) is 8.67. The van der Waals surface area contributed by atoms with E-state index in [2.05, 4.69) is 48.6 Å². The van der Waals surface area contributed by atoms with E-state index in [1.165, 1.54) is 28.8 Å². The van der Waals surface area contributed by atoms with Crippen LogP contribution in [0.4, 0.5) is 0 Å². The van der Waals surface area contributed by atoms with Crippen molar-refractivity contribution in [2.75, 3.05) is 26.4 Å². The van der Waals surface area contributed by atoms with Crippen LogP contribution in [0.2, 0.25) is 0 Å². The van der Waals surface area contributed by atoms with Crippen molar-refractivity contribution in [3.05, 3.63) is 62.8 Å². The van der Waals surface area contributed by atoms with E-state index < -0.39 is 0 Å². The Hall–Kier alpha value is -0.891. The Morgan fingerprint density at radius 3 is 2.41 bits per heavy atom. The predicted molar refractivity (Wildman–Crippen MR) is 118 cm³/mol. The number of fused-ring (bicyclic) bond motifs is 2. The van der Waals surface area contributed by atoms with E-state index in [4.69, 9.17) is 18.9 Å². The Kier molecular flexibility index (Phi) is 5.19. The van der Waals surface area contributed by atoms with E-state index in [0.29, 0.717) is 37.6 Å². The van der Waals surface area contributed by atoms with Gasteiger partial charge in [-0.05, 0) is 0 Å². The molecule has 1 aromatic heterocycles. The third kappa shape index (κ3) is 3.38. The molecule has 150 valence electrons. The Balaban J connectivity index is 1.45. The molecule has 0 amide bonds. The molecule has 1 aromatic carbocycles. The summed E-state index contributed by atoms with van der Waals surface area (Å²) in [5.41, 5.74) is 0. The molecule has 4 nitrogen and oxygen atoms in total. The first-order valence-corrected chi connectivity index (χ1v) is 13.2. The van der Waals surface area contributed by atoms with E-state index in [-0.39, 0.29) is 27.5 Å². The van der Waals surface area contributed by atoms with Gasteiger partial charge in [0.05, 0.1) is 0 Å². The van der Waals surface area contributed by atoms with Gasteiger partial charge in [0.25, 0.3) is 0 Å². The molecular formula is C22H20O4S2Se. The van der Waals surface area contributed by atoms with Crippen LogP contribution in [0, 0.1) is 5.92 Å². The summed E-state index contributed by atoms with van der Waals surface area (Å²) >= 11 is 3.86.